The molecular formula is C25H32N4O4. The van der Waals surface area contributed by atoms with Crippen LogP contribution in [0.25, 0.3) is 0 Å². The number of anilines is 1. The molecule has 1 amide bonds. The number of pyridine rings is 1. The number of nitrogens with one attached hydrogen (secondary N) is 2. The number of nitrogens with zero attached hydrogens (tertiary/aromatic N) is 2. The van der Waals surface area contributed by atoms with Gasteiger partial charge in [-0.2, -0.15) is 0 Å². The summed E-state index contributed by atoms with van der Waals surface area (Å²) >= 11 is 0. The summed E-state index contributed by atoms with van der Waals surface area (Å²) in [4.78, 5) is 35.4. The van der Waals surface area contributed by atoms with Crippen molar-refractivity contribution in [2.75, 3.05) is 31.8 Å². The number of carbonyl (C=O) groups excluding carboxylic acids is 1. The number of fused-ring (bicyclic) bond motifs is 1. The lowest BCUT2D eigenvalue weighted by Crippen LogP contribution is -2.40. The van der Waals surface area contributed by atoms with Crippen LogP contribution in [0.2, 0.25) is 0 Å². The second-order valence-corrected chi connectivity index (χ2v) is 8.58. The van der Waals surface area contributed by atoms with Crippen LogP contribution in [0, 0.1) is 13.8 Å². The van der Waals surface area contributed by atoms with Gasteiger partial charge >= 0.3 is 0 Å². The summed E-state index contributed by atoms with van der Waals surface area (Å²) in [6.07, 6.45) is 3.86. The second kappa shape index (κ2) is 9.79. The van der Waals surface area contributed by atoms with Crippen molar-refractivity contribution >= 4 is 17.8 Å². The molecule has 1 aromatic heterocycles. The van der Waals surface area contributed by atoms with Crippen LogP contribution in [-0.4, -0.2) is 50.0 Å². The number of aryl methyl sites for hydroxylation is 1. The van der Waals surface area contributed by atoms with E-state index >= 15 is 0 Å². The lowest BCUT2D eigenvalue weighted by Gasteiger charge is -2.37. The Bertz CT molecular complexity index is 1130. The lowest BCUT2D eigenvalue weighted by atomic mass is 9.94. The van der Waals surface area contributed by atoms with Crippen LogP contribution in [-0.2, 0) is 17.8 Å². The van der Waals surface area contributed by atoms with Gasteiger partial charge in [0.1, 0.15) is 5.75 Å². The highest BCUT2D eigenvalue weighted by Gasteiger charge is 2.28. The van der Waals surface area contributed by atoms with E-state index in [4.69, 9.17) is 9.47 Å². The van der Waals surface area contributed by atoms with E-state index in [1.807, 2.05) is 19.2 Å². The minimum absolute atomic E-state index is 0.0808. The standard InChI is InChI=1S/C25H32N4O4/c1-5-29(18-6-8-33-9-7-18)23-16(3)19(11-17-12-26-13-20(17)23)24(30)27-14-21-22(32-4)10-15(2)28-25(21)31/h10-11,13,18H,5-9,12,14H2,1-4H3,(H,27,30)(H,28,31). The van der Waals surface area contributed by atoms with Gasteiger partial charge in [-0.1, -0.05) is 0 Å². The van der Waals surface area contributed by atoms with E-state index in [0.717, 1.165) is 55.0 Å². The first kappa shape index (κ1) is 23.0. The minimum Gasteiger partial charge on any atom is -0.496 e. The summed E-state index contributed by atoms with van der Waals surface area (Å²) in [7, 11) is 1.52. The average molecular weight is 453 g/mol. The number of methoxy groups -OCH3 is 1. The van der Waals surface area contributed by atoms with Gasteiger partial charge in [0.15, 0.2) is 0 Å². The summed E-state index contributed by atoms with van der Waals surface area (Å²) in [6, 6.07) is 4.06. The van der Waals surface area contributed by atoms with Gasteiger partial charge in [-0.25, -0.2) is 0 Å². The summed E-state index contributed by atoms with van der Waals surface area (Å²) in [5, 5.41) is 2.93. The molecule has 0 radical (unpaired) electrons. The fraction of sp³-hybridized carbons (Fsp3) is 0.480. The molecule has 1 fully saturated rings. The third-order valence-corrected chi connectivity index (χ3v) is 6.54. The number of aromatic nitrogens is 1. The van der Waals surface area contributed by atoms with Gasteiger partial charge in [-0.15, -0.1) is 0 Å². The maximum Gasteiger partial charge on any atom is 0.256 e. The van der Waals surface area contributed by atoms with Crippen molar-refractivity contribution < 1.29 is 14.3 Å². The molecule has 2 aliphatic rings. The molecule has 8 heteroatoms. The molecule has 8 nitrogen and oxygen atoms in total. The largest absolute Gasteiger partial charge is 0.496 e. The van der Waals surface area contributed by atoms with E-state index in [0.29, 0.717) is 35.2 Å². The Labute approximate surface area is 194 Å². The number of hydrogen-bond acceptors (Lipinski definition) is 6. The van der Waals surface area contributed by atoms with E-state index in [2.05, 4.69) is 27.1 Å². The Morgan fingerprint density at radius 3 is 2.76 bits per heavy atom. The molecule has 0 aliphatic carbocycles. The maximum absolute atomic E-state index is 13.3. The fourth-order valence-corrected chi connectivity index (χ4v) is 4.85. The normalized spacial score (nSPS) is 15.4. The summed E-state index contributed by atoms with van der Waals surface area (Å²) < 4.78 is 10.9. The number of amides is 1. The van der Waals surface area contributed by atoms with Gasteiger partial charge < -0.3 is 24.7 Å². The molecule has 176 valence electrons. The number of ether oxygens (including phenoxy) is 2. The van der Waals surface area contributed by atoms with Crippen molar-refractivity contribution in [2.24, 2.45) is 4.99 Å². The fourth-order valence-electron chi connectivity index (χ4n) is 4.85. The smallest absolute Gasteiger partial charge is 0.256 e. The van der Waals surface area contributed by atoms with Crippen LogP contribution >= 0.6 is 0 Å². The van der Waals surface area contributed by atoms with Crippen molar-refractivity contribution in [3.05, 3.63) is 56.0 Å². The Morgan fingerprint density at radius 1 is 1.30 bits per heavy atom. The van der Waals surface area contributed by atoms with Crippen LogP contribution in [0.15, 0.2) is 21.9 Å². The molecule has 3 heterocycles. The molecule has 1 aromatic carbocycles. The van der Waals surface area contributed by atoms with Crippen LogP contribution < -0.4 is 20.5 Å². The van der Waals surface area contributed by atoms with Gasteiger partial charge in [0, 0.05) is 54.5 Å². The first-order valence-electron chi connectivity index (χ1n) is 11.5. The number of hydrogen-bond donors (Lipinski definition) is 2. The van der Waals surface area contributed by atoms with Crippen LogP contribution in [0.4, 0.5) is 5.69 Å². The molecule has 0 saturated carbocycles. The zero-order chi connectivity index (χ0) is 23.5. The molecule has 0 atom stereocenters. The molecule has 33 heavy (non-hydrogen) atoms. The highest BCUT2D eigenvalue weighted by atomic mass is 16.5. The second-order valence-electron chi connectivity index (χ2n) is 8.58. The van der Waals surface area contributed by atoms with E-state index in [1.54, 1.807) is 13.0 Å². The van der Waals surface area contributed by atoms with Crippen molar-refractivity contribution in [3.8, 4) is 5.75 Å². The number of aromatic amines is 1. The molecule has 2 aromatic rings. The van der Waals surface area contributed by atoms with E-state index in [1.165, 1.54) is 7.11 Å². The molecule has 0 unspecified atom stereocenters. The maximum atomic E-state index is 13.3. The molecule has 0 bridgehead atoms. The molecule has 2 aliphatic heterocycles. The number of aliphatic imine (C=N–C) groups is 1. The quantitative estimate of drug-likeness (QED) is 0.674. The highest BCUT2D eigenvalue weighted by Crippen LogP contribution is 2.35. The summed E-state index contributed by atoms with van der Waals surface area (Å²) in [5.41, 5.74) is 5.63. The molecular weight excluding hydrogens is 420 g/mol. The number of H-pyrrole nitrogens is 1. The lowest BCUT2D eigenvalue weighted by molar-refractivity contribution is 0.0845. The third kappa shape index (κ3) is 4.53. The topological polar surface area (TPSA) is 96.0 Å². The van der Waals surface area contributed by atoms with Crippen molar-refractivity contribution in [2.45, 2.75) is 52.7 Å². The number of benzene rings is 1. The monoisotopic (exact) mass is 452 g/mol. The highest BCUT2D eigenvalue weighted by molar-refractivity contribution is 6.02. The predicted molar refractivity (Wildman–Crippen MR) is 129 cm³/mol. The molecule has 1 saturated heterocycles. The first-order chi connectivity index (χ1) is 15.9. The molecule has 2 N–H and O–H groups in total. The summed E-state index contributed by atoms with van der Waals surface area (Å²) in [6.45, 7) is 8.94. The van der Waals surface area contributed by atoms with Gasteiger partial charge in [0.2, 0.25) is 0 Å². The zero-order valence-corrected chi connectivity index (χ0v) is 19.8. The average Bonchev–Trinajstić information content (AvgIpc) is 3.28. The Kier molecular flexibility index (Phi) is 6.83. The van der Waals surface area contributed by atoms with Crippen molar-refractivity contribution in [3.63, 3.8) is 0 Å². The number of carbonyl (C=O) groups is 1. The van der Waals surface area contributed by atoms with Gasteiger partial charge in [0.05, 0.1) is 25.8 Å². The summed E-state index contributed by atoms with van der Waals surface area (Å²) in [5.74, 6) is 0.251. The van der Waals surface area contributed by atoms with E-state index in [9.17, 15) is 9.59 Å². The molecule has 4 rings (SSSR count). The van der Waals surface area contributed by atoms with Crippen LogP contribution in [0.3, 0.4) is 0 Å². The van der Waals surface area contributed by atoms with Crippen LogP contribution in [0.1, 0.15) is 58.1 Å². The Balaban J connectivity index is 1.66. The Morgan fingerprint density at radius 2 is 2.06 bits per heavy atom. The predicted octanol–water partition coefficient (Wildman–Crippen LogP) is 2.87. The van der Waals surface area contributed by atoms with Gasteiger partial charge in [-0.3, -0.25) is 14.6 Å². The SMILES string of the molecule is CCN(c1c(C)c(C(=O)NCc2c(OC)cc(C)[nH]c2=O)cc2c1C=NC2)C1CCOCC1. The minimum atomic E-state index is -0.261. The van der Waals surface area contributed by atoms with Crippen molar-refractivity contribution in [1.82, 2.24) is 10.3 Å². The van der Waals surface area contributed by atoms with E-state index in [-0.39, 0.29) is 18.0 Å². The Hall–Kier alpha value is -3.13. The molecule has 0 spiro atoms. The van der Waals surface area contributed by atoms with Crippen LogP contribution in [0.5, 0.6) is 5.75 Å². The third-order valence-electron chi connectivity index (χ3n) is 6.54. The zero-order valence-electron chi connectivity index (χ0n) is 19.8. The number of rotatable bonds is 7. The van der Waals surface area contributed by atoms with Gasteiger partial charge in [-0.05, 0) is 56.9 Å². The first-order valence-corrected chi connectivity index (χ1v) is 11.5. The van der Waals surface area contributed by atoms with Gasteiger partial charge in [0.25, 0.3) is 11.5 Å². The van der Waals surface area contributed by atoms with Crippen molar-refractivity contribution in [1.29, 1.82) is 0 Å². The van der Waals surface area contributed by atoms with E-state index < -0.39 is 0 Å².